The topological polar surface area (TPSA) is 120 Å². The Morgan fingerprint density at radius 2 is 1.82 bits per heavy atom. The number of fused-ring (bicyclic) bond motifs is 2. The molecule has 1 aliphatic carbocycles. The van der Waals surface area contributed by atoms with Gasteiger partial charge < -0.3 is 16.4 Å². The van der Waals surface area contributed by atoms with E-state index in [-0.39, 0.29) is 11.8 Å². The van der Waals surface area contributed by atoms with E-state index in [1.165, 1.54) is 43.8 Å². The van der Waals surface area contributed by atoms with Gasteiger partial charge in [0.25, 0.3) is 0 Å². The number of amides is 1. The maximum atomic E-state index is 11.2. The molecule has 1 amide bonds. The van der Waals surface area contributed by atoms with E-state index < -0.39 is 0 Å². The number of anilines is 1. The third kappa shape index (κ3) is 4.90. The van der Waals surface area contributed by atoms with Crippen LogP contribution in [0.4, 0.5) is 5.82 Å². The zero-order valence-electron chi connectivity index (χ0n) is 19.4. The molecule has 3 aromatic heterocycles. The summed E-state index contributed by atoms with van der Waals surface area (Å²) in [6.45, 7) is 1.21. The number of carbonyl (C=O) groups excluding carboxylic acids is 1. The van der Waals surface area contributed by atoms with Crippen molar-refractivity contribution >= 4 is 28.8 Å². The Morgan fingerprint density at radius 1 is 1.06 bits per heavy atom. The van der Waals surface area contributed by atoms with Crippen LogP contribution in [0.3, 0.4) is 0 Å². The van der Waals surface area contributed by atoms with Crippen LogP contribution in [0.2, 0.25) is 5.02 Å². The molecule has 6 rings (SSSR count). The lowest BCUT2D eigenvalue weighted by atomic mass is 10.00. The number of rotatable bonds is 3. The van der Waals surface area contributed by atoms with E-state index in [1.807, 2.05) is 42.7 Å². The van der Waals surface area contributed by atoms with E-state index in [1.54, 1.807) is 9.20 Å². The molecule has 4 N–H and O–H groups in total. The number of carbonyl (C=O) groups is 1. The normalized spacial score (nSPS) is 14.5. The number of aromatic nitrogens is 5. The minimum Gasteiger partial charge on any atom is -0.369 e. The molecule has 1 saturated heterocycles. The second kappa shape index (κ2) is 10.2. The predicted octanol–water partition coefficient (Wildman–Crippen LogP) is 2.45. The third-order valence-corrected chi connectivity index (χ3v) is 6.30. The van der Waals surface area contributed by atoms with Crippen molar-refractivity contribution in [1.29, 1.82) is 0 Å². The van der Waals surface area contributed by atoms with Crippen molar-refractivity contribution in [1.82, 2.24) is 24.4 Å². The largest absolute Gasteiger partial charge is 0.369 e. The maximum absolute atomic E-state index is 11.2. The fraction of sp³-hybridized carbons (Fsp3) is 0.333. The standard InChI is InChI=1S/C14H15N7O.C9H9Cl.CH5N/c1-19-4-10(3-17-19)9-2-12-14(16-8-18-21(12)7-9)20-5-11(6-20)13(15)22;10-9-5-4-7-2-1-3-8(7)6-9;1-2/h2-4,7-8,11H,5-6H2,1H3,(H2,15,22);4-6H,1-3H2;2H2,1H3. The average Bonchev–Trinajstić information content (AvgIpc) is 3.53. The molecule has 1 aliphatic heterocycles. The molecular weight excluding hydrogens is 452 g/mol. The molecule has 1 fully saturated rings. The smallest absolute Gasteiger partial charge is 0.224 e. The Kier molecular flexibility index (Phi) is 7.14. The number of hydrogen-bond donors (Lipinski definition) is 2. The second-order valence-electron chi connectivity index (χ2n) is 8.32. The monoisotopic (exact) mass is 480 g/mol. The maximum Gasteiger partial charge on any atom is 0.224 e. The summed E-state index contributed by atoms with van der Waals surface area (Å²) < 4.78 is 3.55. The summed E-state index contributed by atoms with van der Waals surface area (Å²) in [6.07, 6.45) is 11.0. The lowest BCUT2D eigenvalue weighted by molar-refractivity contribution is -0.122. The van der Waals surface area contributed by atoms with Crippen molar-refractivity contribution in [3.63, 3.8) is 0 Å². The molecule has 10 heteroatoms. The summed E-state index contributed by atoms with van der Waals surface area (Å²) in [7, 11) is 3.38. The highest BCUT2D eigenvalue weighted by atomic mass is 35.5. The summed E-state index contributed by atoms with van der Waals surface area (Å²) in [4.78, 5) is 17.6. The quantitative estimate of drug-likeness (QED) is 0.464. The van der Waals surface area contributed by atoms with Crippen LogP contribution in [0.25, 0.3) is 16.6 Å². The lowest BCUT2D eigenvalue weighted by Gasteiger charge is -2.38. The lowest BCUT2D eigenvalue weighted by Crippen LogP contribution is -2.53. The van der Waals surface area contributed by atoms with Gasteiger partial charge in [-0.1, -0.05) is 17.7 Å². The molecule has 0 saturated carbocycles. The number of benzene rings is 1. The Labute approximate surface area is 203 Å². The number of aryl methyl sites for hydroxylation is 3. The SMILES string of the molecule is CN.Clc1ccc2c(c1)CCC2.Cn1cc(-c2cc3c(N4CC(C(N)=O)C4)ncnn3c2)cn1. The molecule has 0 atom stereocenters. The fourth-order valence-corrected chi connectivity index (χ4v) is 4.46. The molecule has 0 bridgehead atoms. The van der Waals surface area contributed by atoms with Gasteiger partial charge in [0, 0.05) is 48.7 Å². The van der Waals surface area contributed by atoms with Gasteiger partial charge in [0.2, 0.25) is 5.91 Å². The molecule has 0 spiro atoms. The van der Waals surface area contributed by atoms with E-state index in [0.29, 0.717) is 13.1 Å². The summed E-state index contributed by atoms with van der Waals surface area (Å²) in [6, 6.07) is 8.24. The highest BCUT2D eigenvalue weighted by Gasteiger charge is 2.33. The molecule has 1 aromatic carbocycles. The first-order chi connectivity index (χ1) is 16.5. The zero-order valence-corrected chi connectivity index (χ0v) is 20.1. The van der Waals surface area contributed by atoms with Crippen molar-refractivity contribution in [3.05, 3.63) is 65.3 Å². The third-order valence-electron chi connectivity index (χ3n) is 6.07. The van der Waals surface area contributed by atoms with Gasteiger partial charge in [-0.3, -0.25) is 9.48 Å². The molecule has 9 nitrogen and oxygen atoms in total. The van der Waals surface area contributed by atoms with Crippen LogP contribution in [-0.2, 0) is 24.7 Å². The first-order valence-electron chi connectivity index (χ1n) is 11.2. The molecular formula is C24H29ClN8O. The summed E-state index contributed by atoms with van der Waals surface area (Å²) >= 11 is 5.82. The Hall–Kier alpha value is -3.43. The molecule has 34 heavy (non-hydrogen) atoms. The predicted molar refractivity (Wildman–Crippen MR) is 134 cm³/mol. The van der Waals surface area contributed by atoms with Crippen molar-refractivity contribution in [2.75, 3.05) is 25.0 Å². The van der Waals surface area contributed by atoms with Crippen molar-refractivity contribution < 1.29 is 4.79 Å². The van der Waals surface area contributed by atoms with E-state index in [9.17, 15) is 4.79 Å². The highest BCUT2D eigenvalue weighted by molar-refractivity contribution is 6.30. The summed E-state index contributed by atoms with van der Waals surface area (Å²) in [5.74, 6) is 0.471. The van der Waals surface area contributed by atoms with Gasteiger partial charge in [0.15, 0.2) is 5.82 Å². The Balaban J connectivity index is 0.000000190. The van der Waals surface area contributed by atoms with Crippen LogP contribution in [0, 0.1) is 5.92 Å². The number of halogens is 1. The Morgan fingerprint density at radius 3 is 2.53 bits per heavy atom. The molecule has 178 valence electrons. The van der Waals surface area contributed by atoms with Crippen LogP contribution in [-0.4, -0.2) is 50.4 Å². The van der Waals surface area contributed by atoms with Crippen LogP contribution in [0.1, 0.15) is 17.5 Å². The van der Waals surface area contributed by atoms with Crippen LogP contribution in [0.15, 0.2) is 49.2 Å². The molecule has 0 radical (unpaired) electrons. The van der Waals surface area contributed by atoms with Gasteiger partial charge in [-0.05, 0) is 55.6 Å². The summed E-state index contributed by atoms with van der Waals surface area (Å²) in [5.41, 5.74) is 15.7. The van der Waals surface area contributed by atoms with Crippen LogP contribution >= 0.6 is 11.6 Å². The van der Waals surface area contributed by atoms with E-state index in [2.05, 4.69) is 33.0 Å². The summed E-state index contributed by atoms with van der Waals surface area (Å²) in [5, 5.41) is 9.31. The number of hydrogen-bond acceptors (Lipinski definition) is 6. The minimum atomic E-state index is -0.257. The number of nitrogens with zero attached hydrogens (tertiary/aromatic N) is 6. The molecule has 4 heterocycles. The number of primary amides is 1. The minimum absolute atomic E-state index is 0.0947. The van der Waals surface area contributed by atoms with Crippen LogP contribution in [0.5, 0.6) is 0 Å². The van der Waals surface area contributed by atoms with Crippen molar-refractivity contribution in [2.45, 2.75) is 19.3 Å². The van der Waals surface area contributed by atoms with E-state index in [0.717, 1.165) is 27.5 Å². The van der Waals surface area contributed by atoms with E-state index in [4.69, 9.17) is 17.3 Å². The van der Waals surface area contributed by atoms with Gasteiger partial charge >= 0.3 is 0 Å². The van der Waals surface area contributed by atoms with Crippen LogP contribution < -0.4 is 16.4 Å². The molecule has 4 aromatic rings. The van der Waals surface area contributed by atoms with E-state index >= 15 is 0 Å². The Bertz CT molecular complexity index is 1290. The van der Waals surface area contributed by atoms with Gasteiger partial charge in [-0.2, -0.15) is 10.2 Å². The number of nitrogens with two attached hydrogens (primary N) is 2. The zero-order chi connectivity index (χ0) is 24.2. The highest BCUT2D eigenvalue weighted by Crippen LogP contribution is 2.30. The van der Waals surface area contributed by atoms with Gasteiger partial charge in [-0.25, -0.2) is 9.50 Å². The first-order valence-corrected chi connectivity index (χ1v) is 11.6. The molecule has 0 unspecified atom stereocenters. The first kappa shape index (κ1) is 23.7. The van der Waals surface area contributed by atoms with Gasteiger partial charge in [0.05, 0.1) is 12.1 Å². The molecule has 2 aliphatic rings. The van der Waals surface area contributed by atoms with Crippen molar-refractivity contribution in [2.24, 2.45) is 24.4 Å². The van der Waals surface area contributed by atoms with Gasteiger partial charge in [-0.15, -0.1) is 0 Å². The van der Waals surface area contributed by atoms with Crippen molar-refractivity contribution in [3.8, 4) is 11.1 Å². The average molecular weight is 481 g/mol. The fourth-order valence-electron chi connectivity index (χ4n) is 4.26. The van der Waals surface area contributed by atoms with Gasteiger partial charge in [0.1, 0.15) is 11.8 Å². The second-order valence-corrected chi connectivity index (χ2v) is 8.75.